The number of hydrogen-bond donors (Lipinski definition) is 2. The van der Waals surface area contributed by atoms with E-state index in [9.17, 15) is 0 Å². The van der Waals surface area contributed by atoms with Crippen LogP contribution in [0.1, 0.15) is 32.1 Å². The highest BCUT2D eigenvalue weighted by atomic mass is 15.0. The zero-order valence-corrected chi connectivity index (χ0v) is 7.05. The Labute approximate surface area is 68.9 Å². The Kier molecular flexibility index (Phi) is 3.60. The fourth-order valence-corrected chi connectivity index (χ4v) is 1.61. The Morgan fingerprint density at radius 3 is 2.55 bits per heavy atom. The van der Waals surface area contributed by atoms with Crippen LogP contribution in [0.4, 0.5) is 0 Å². The van der Waals surface area contributed by atoms with Crippen LogP contribution in [-0.4, -0.2) is 12.2 Å². The van der Waals surface area contributed by atoms with Crippen LogP contribution in [0.3, 0.4) is 0 Å². The maximum Gasteiger partial charge on any atom is 0.0738 e. The van der Waals surface area contributed by atoms with Crippen LogP contribution in [0.25, 0.3) is 0 Å². The van der Waals surface area contributed by atoms with Crippen molar-refractivity contribution in [1.29, 1.82) is 0 Å². The van der Waals surface area contributed by atoms with Crippen molar-refractivity contribution in [2.45, 2.75) is 44.3 Å². The number of nitrogens with two attached hydrogens (primary N) is 1. The molecule has 0 aliphatic heterocycles. The quantitative estimate of drug-likeness (QED) is 0.476. The second-order valence-electron chi connectivity index (χ2n) is 3.26. The van der Waals surface area contributed by atoms with Crippen LogP contribution < -0.4 is 11.1 Å². The van der Waals surface area contributed by atoms with E-state index in [-0.39, 0.29) is 6.17 Å². The van der Waals surface area contributed by atoms with Gasteiger partial charge < -0.3 is 5.73 Å². The molecule has 0 aromatic carbocycles. The zero-order chi connectivity index (χ0) is 8.10. The molecule has 64 valence electrons. The van der Waals surface area contributed by atoms with Gasteiger partial charge in [-0.3, -0.25) is 5.32 Å². The highest BCUT2D eigenvalue weighted by molar-refractivity contribution is 4.84. The van der Waals surface area contributed by atoms with Crippen molar-refractivity contribution < 1.29 is 0 Å². The lowest BCUT2D eigenvalue weighted by molar-refractivity contribution is 0.357. The van der Waals surface area contributed by atoms with Crippen LogP contribution in [0.2, 0.25) is 0 Å². The maximum absolute atomic E-state index is 5.67. The molecule has 0 radical (unpaired) electrons. The van der Waals surface area contributed by atoms with Crippen LogP contribution >= 0.6 is 0 Å². The average Bonchev–Trinajstić information content (AvgIpc) is 2.06. The topological polar surface area (TPSA) is 38.0 Å². The molecule has 1 atom stereocenters. The third-order valence-electron chi connectivity index (χ3n) is 2.29. The normalized spacial score (nSPS) is 23.0. The summed E-state index contributed by atoms with van der Waals surface area (Å²) in [5, 5.41) is 3.33. The van der Waals surface area contributed by atoms with E-state index in [4.69, 9.17) is 5.73 Å². The molecule has 1 saturated carbocycles. The molecule has 1 fully saturated rings. The highest BCUT2D eigenvalue weighted by Gasteiger charge is 2.13. The third kappa shape index (κ3) is 3.04. The van der Waals surface area contributed by atoms with E-state index in [0.29, 0.717) is 6.04 Å². The first-order chi connectivity index (χ1) is 5.33. The average molecular weight is 154 g/mol. The summed E-state index contributed by atoms with van der Waals surface area (Å²) >= 11 is 0. The molecule has 0 heterocycles. The lowest BCUT2D eigenvalue weighted by Crippen LogP contribution is -2.43. The SMILES string of the molecule is C=CC(N)NC1CCCCC1. The van der Waals surface area contributed by atoms with Gasteiger partial charge in [0, 0.05) is 6.04 Å². The lowest BCUT2D eigenvalue weighted by atomic mass is 9.95. The van der Waals surface area contributed by atoms with Crippen LogP contribution in [0, 0.1) is 0 Å². The molecule has 1 aliphatic carbocycles. The minimum absolute atomic E-state index is 0.0156. The maximum atomic E-state index is 5.67. The molecule has 1 unspecified atom stereocenters. The van der Waals surface area contributed by atoms with Gasteiger partial charge in [0.2, 0.25) is 0 Å². The summed E-state index contributed by atoms with van der Waals surface area (Å²) in [4.78, 5) is 0. The zero-order valence-electron chi connectivity index (χ0n) is 7.05. The van der Waals surface area contributed by atoms with Crippen molar-refractivity contribution >= 4 is 0 Å². The second kappa shape index (κ2) is 4.52. The molecule has 0 aromatic rings. The van der Waals surface area contributed by atoms with Crippen LogP contribution in [0.15, 0.2) is 12.7 Å². The molecule has 0 amide bonds. The van der Waals surface area contributed by atoms with Crippen molar-refractivity contribution in [2.24, 2.45) is 5.73 Å². The van der Waals surface area contributed by atoms with Crippen molar-refractivity contribution in [1.82, 2.24) is 5.32 Å². The van der Waals surface area contributed by atoms with Gasteiger partial charge >= 0.3 is 0 Å². The summed E-state index contributed by atoms with van der Waals surface area (Å²) < 4.78 is 0. The van der Waals surface area contributed by atoms with Crippen LogP contribution in [-0.2, 0) is 0 Å². The van der Waals surface area contributed by atoms with Gasteiger partial charge in [-0.05, 0) is 12.8 Å². The number of rotatable bonds is 3. The third-order valence-corrected chi connectivity index (χ3v) is 2.29. The van der Waals surface area contributed by atoms with Gasteiger partial charge in [0.15, 0.2) is 0 Å². The van der Waals surface area contributed by atoms with Gasteiger partial charge in [0.1, 0.15) is 0 Å². The molecular weight excluding hydrogens is 136 g/mol. The van der Waals surface area contributed by atoms with Crippen molar-refractivity contribution in [3.63, 3.8) is 0 Å². The molecule has 11 heavy (non-hydrogen) atoms. The minimum atomic E-state index is -0.0156. The van der Waals surface area contributed by atoms with E-state index >= 15 is 0 Å². The standard InChI is InChI=1S/C9H18N2/c1-2-9(10)11-8-6-4-3-5-7-8/h2,8-9,11H,1,3-7,10H2. The van der Waals surface area contributed by atoms with Crippen molar-refractivity contribution in [3.05, 3.63) is 12.7 Å². The van der Waals surface area contributed by atoms with Crippen LogP contribution in [0.5, 0.6) is 0 Å². The van der Waals surface area contributed by atoms with Gasteiger partial charge in [-0.2, -0.15) is 0 Å². The van der Waals surface area contributed by atoms with Gasteiger partial charge in [-0.15, -0.1) is 6.58 Å². The highest BCUT2D eigenvalue weighted by Crippen LogP contribution is 2.17. The molecule has 2 heteroatoms. The number of hydrogen-bond acceptors (Lipinski definition) is 2. The number of nitrogens with one attached hydrogen (secondary N) is 1. The summed E-state index contributed by atoms with van der Waals surface area (Å²) in [6.07, 6.45) is 8.39. The molecular formula is C9H18N2. The molecule has 0 bridgehead atoms. The monoisotopic (exact) mass is 154 g/mol. The molecule has 0 saturated heterocycles. The summed E-state index contributed by atoms with van der Waals surface area (Å²) in [7, 11) is 0. The molecule has 0 spiro atoms. The van der Waals surface area contributed by atoms with Gasteiger partial charge in [0.25, 0.3) is 0 Å². The predicted molar refractivity (Wildman–Crippen MR) is 48.2 cm³/mol. The van der Waals surface area contributed by atoms with E-state index in [2.05, 4.69) is 11.9 Å². The summed E-state index contributed by atoms with van der Waals surface area (Å²) in [6.45, 7) is 3.64. The molecule has 3 N–H and O–H groups in total. The van der Waals surface area contributed by atoms with Gasteiger partial charge in [0.05, 0.1) is 6.17 Å². The second-order valence-corrected chi connectivity index (χ2v) is 3.26. The van der Waals surface area contributed by atoms with Crippen molar-refractivity contribution in [2.75, 3.05) is 0 Å². The summed E-state index contributed by atoms with van der Waals surface area (Å²) in [5.74, 6) is 0. The Morgan fingerprint density at radius 2 is 2.00 bits per heavy atom. The summed E-state index contributed by atoms with van der Waals surface area (Å²) in [6, 6.07) is 0.636. The Balaban J connectivity index is 2.18. The van der Waals surface area contributed by atoms with E-state index in [1.165, 1.54) is 32.1 Å². The largest absolute Gasteiger partial charge is 0.313 e. The summed E-state index contributed by atoms with van der Waals surface area (Å²) in [5.41, 5.74) is 5.67. The Bertz CT molecular complexity index is 117. The minimum Gasteiger partial charge on any atom is -0.313 e. The smallest absolute Gasteiger partial charge is 0.0738 e. The molecule has 2 nitrogen and oxygen atoms in total. The fourth-order valence-electron chi connectivity index (χ4n) is 1.61. The van der Waals surface area contributed by atoms with E-state index in [0.717, 1.165) is 0 Å². The molecule has 0 aromatic heterocycles. The predicted octanol–water partition coefficient (Wildman–Crippen LogP) is 1.38. The first-order valence-corrected chi connectivity index (χ1v) is 4.47. The lowest BCUT2D eigenvalue weighted by Gasteiger charge is -2.24. The Morgan fingerprint density at radius 1 is 1.36 bits per heavy atom. The molecule has 1 rings (SSSR count). The van der Waals surface area contributed by atoms with E-state index < -0.39 is 0 Å². The van der Waals surface area contributed by atoms with Gasteiger partial charge in [-0.1, -0.05) is 25.3 Å². The Hall–Kier alpha value is -0.340. The first kappa shape index (κ1) is 8.75. The van der Waals surface area contributed by atoms with E-state index in [1.54, 1.807) is 6.08 Å². The van der Waals surface area contributed by atoms with Gasteiger partial charge in [-0.25, -0.2) is 0 Å². The van der Waals surface area contributed by atoms with Crippen molar-refractivity contribution in [3.8, 4) is 0 Å². The van der Waals surface area contributed by atoms with E-state index in [1.807, 2.05) is 0 Å². The fraction of sp³-hybridized carbons (Fsp3) is 0.778. The first-order valence-electron chi connectivity index (χ1n) is 4.47. The molecule has 1 aliphatic rings.